The van der Waals surface area contributed by atoms with Crippen molar-refractivity contribution in [2.75, 3.05) is 7.11 Å². The fourth-order valence-corrected chi connectivity index (χ4v) is 1.76. The summed E-state index contributed by atoms with van der Waals surface area (Å²) in [6.45, 7) is 1.81. The summed E-state index contributed by atoms with van der Waals surface area (Å²) in [7, 11) is 1.34. The summed E-state index contributed by atoms with van der Waals surface area (Å²) in [4.78, 5) is 11.5. The first-order valence-electron chi connectivity index (χ1n) is 4.22. The molecule has 2 aromatic heterocycles. The second kappa shape index (κ2) is 3.62. The van der Waals surface area contributed by atoms with Gasteiger partial charge in [0, 0.05) is 10.7 Å². The minimum atomic E-state index is -0.423. The van der Waals surface area contributed by atoms with Crippen LogP contribution in [-0.2, 0) is 4.74 Å². The van der Waals surface area contributed by atoms with Crippen molar-refractivity contribution in [1.29, 1.82) is 0 Å². The summed E-state index contributed by atoms with van der Waals surface area (Å²) in [6, 6.07) is 1.66. The predicted molar refractivity (Wildman–Crippen MR) is 56.8 cm³/mol. The van der Waals surface area contributed by atoms with E-state index in [1.807, 2.05) is 6.92 Å². The van der Waals surface area contributed by atoms with Crippen molar-refractivity contribution >= 4 is 27.5 Å². The van der Waals surface area contributed by atoms with Crippen LogP contribution >= 0.6 is 15.9 Å². The number of aromatic nitrogens is 3. The van der Waals surface area contributed by atoms with E-state index in [1.165, 1.54) is 7.11 Å². The van der Waals surface area contributed by atoms with Crippen LogP contribution in [0.2, 0.25) is 0 Å². The maximum Gasteiger partial charge on any atom is 0.341 e. The van der Waals surface area contributed by atoms with Gasteiger partial charge in [-0.3, -0.25) is 4.40 Å². The maximum absolute atomic E-state index is 11.5. The molecule has 0 N–H and O–H groups in total. The normalized spacial score (nSPS) is 10.6. The summed E-state index contributed by atoms with van der Waals surface area (Å²) in [5.74, 6) is 0.296. The van der Waals surface area contributed by atoms with Crippen molar-refractivity contribution in [3.05, 3.63) is 28.1 Å². The van der Waals surface area contributed by atoms with E-state index in [4.69, 9.17) is 0 Å². The van der Waals surface area contributed by atoms with E-state index >= 15 is 0 Å². The minimum Gasteiger partial charge on any atom is -0.465 e. The number of hydrogen-bond acceptors (Lipinski definition) is 4. The van der Waals surface area contributed by atoms with Crippen LogP contribution in [-0.4, -0.2) is 27.7 Å². The van der Waals surface area contributed by atoms with Gasteiger partial charge in [0.2, 0.25) is 0 Å². The Kier molecular flexibility index (Phi) is 2.44. The molecule has 0 radical (unpaired) electrons. The average molecular weight is 270 g/mol. The van der Waals surface area contributed by atoms with Crippen LogP contribution in [0, 0.1) is 6.92 Å². The highest BCUT2D eigenvalue weighted by Gasteiger charge is 2.15. The van der Waals surface area contributed by atoms with Crippen molar-refractivity contribution in [1.82, 2.24) is 14.6 Å². The lowest BCUT2D eigenvalue weighted by Gasteiger charge is -2.02. The molecule has 2 rings (SSSR count). The van der Waals surface area contributed by atoms with Crippen molar-refractivity contribution < 1.29 is 9.53 Å². The number of carbonyl (C=O) groups is 1. The van der Waals surface area contributed by atoms with Crippen LogP contribution in [0.5, 0.6) is 0 Å². The average Bonchev–Trinajstić information content (AvgIpc) is 2.58. The van der Waals surface area contributed by atoms with Crippen LogP contribution in [0.3, 0.4) is 0 Å². The molecule has 15 heavy (non-hydrogen) atoms. The molecule has 78 valence electrons. The van der Waals surface area contributed by atoms with Crippen molar-refractivity contribution in [2.45, 2.75) is 6.92 Å². The fraction of sp³-hybridized carbons (Fsp3) is 0.222. The van der Waals surface area contributed by atoms with Crippen LogP contribution in [0.4, 0.5) is 0 Å². The van der Waals surface area contributed by atoms with E-state index in [1.54, 1.807) is 16.7 Å². The van der Waals surface area contributed by atoms with Gasteiger partial charge in [0.15, 0.2) is 5.65 Å². The maximum atomic E-state index is 11.5. The Bertz CT molecular complexity index is 535. The Morgan fingerprint density at radius 3 is 2.93 bits per heavy atom. The van der Waals surface area contributed by atoms with Crippen LogP contribution in [0.25, 0.3) is 5.65 Å². The zero-order valence-corrected chi connectivity index (χ0v) is 9.78. The molecule has 0 spiro atoms. The smallest absolute Gasteiger partial charge is 0.341 e. The third kappa shape index (κ3) is 1.61. The number of nitrogens with zero attached hydrogens (tertiary/aromatic N) is 3. The Hall–Kier alpha value is -1.43. The van der Waals surface area contributed by atoms with Crippen molar-refractivity contribution in [2.24, 2.45) is 0 Å². The van der Waals surface area contributed by atoms with Gasteiger partial charge < -0.3 is 4.74 Å². The molecule has 0 aliphatic heterocycles. The number of fused-ring (bicyclic) bond motifs is 1. The standard InChI is InChI=1S/C9H8BrN3O2/c1-5-11-12-8-7(9(14)15-2)3-6(10)4-13(5)8/h3-4H,1-2H3. The highest BCUT2D eigenvalue weighted by atomic mass is 79.9. The molecule has 0 bridgehead atoms. The first-order chi connectivity index (χ1) is 7.13. The summed E-state index contributed by atoms with van der Waals surface area (Å²) < 4.78 is 7.18. The van der Waals surface area contributed by atoms with Crippen LogP contribution in [0.1, 0.15) is 16.2 Å². The summed E-state index contributed by atoms with van der Waals surface area (Å²) in [5, 5.41) is 7.82. The molecule has 6 heteroatoms. The Balaban J connectivity index is 2.78. The molecule has 0 aromatic carbocycles. The van der Waals surface area contributed by atoms with Gasteiger partial charge in [-0.25, -0.2) is 4.79 Å². The van der Waals surface area contributed by atoms with E-state index in [0.29, 0.717) is 11.2 Å². The van der Waals surface area contributed by atoms with Gasteiger partial charge in [0.1, 0.15) is 11.4 Å². The summed E-state index contributed by atoms with van der Waals surface area (Å²) in [5.41, 5.74) is 0.898. The monoisotopic (exact) mass is 269 g/mol. The first-order valence-corrected chi connectivity index (χ1v) is 5.02. The van der Waals surface area contributed by atoms with E-state index < -0.39 is 5.97 Å². The molecule has 0 atom stereocenters. The first kappa shape index (κ1) is 10.1. The lowest BCUT2D eigenvalue weighted by atomic mass is 10.3. The SMILES string of the molecule is COC(=O)c1cc(Br)cn2c(C)nnc12. The van der Waals surface area contributed by atoms with Gasteiger partial charge in [-0.15, -0.1) is 10.2 Å². The molecule has 0 aliphatic carbocycles. The lowest BCUT2D eigenvalue weighted by molar-refractivity contribution is 0.0602. The molecule has 0 aliphatic rings. The number of hydrogen-bond donors (Lipinski definition) is 0. The van der Waals surface area contributed by atoms with Gasteiger partial charge in [-0.1, -0.05) is 0 Å². The topological polar surface area (TPSA) is 56.5 Å². The van der Waals surface area contributed by atoms with E-state index in [-0.39, 0.29) is 0 Å². The molecule has 0 saturated carbocycles. The predicted octanol–water partition coefficient (Wildman–Crippen LogP) is 1.59. The fourth-order valence-electron chi connectivity index (χ4n) is 1.33. The Morgan fingerprint density at radius 2 is 2.27 bits per heavy atom. The van der Waals surface area contributed by atoms with Gasteiger partial charge in [0.05, 0.1) is 7.11 Å². The molecule has 2 heterocycles. The molecular formula is C9H8BrN3O2. The second-order valence-electron chi connectivity index (χ2n) is 3.00. The number of halogens is 1. The Morgan fingerprint density at radius 1 is 1.53 bits per heavy atom. The number of rotatable bonds is 1. The molecule has 5 nitrogen and oxygen atoms in total. The molecule has 0 fully saturated rings. The largest absolute Gasteiger partial charge is 0.465 e. The number of methoxy groups -OCH3 is 1. The molecule has 0 saturated heterocycles. The van der Waals surface area contributed by atoms with Crippen LogP contribution < -0.4 is 0 Å². The van der Waals surface area contributed by atoms with Crippen molar-refractivity contribution in [3.63, 3.8) is 0 Å². The zero-order valence-electron chi connectivity index (χ0n) is 8.19. The summed E-state index contributed by atoms with van der Waals surface area (Å²) in [6.07, 6.45) is 1.80. The number of pyridine rings is 1. The number of aryl methyl sites for hydroxylation is 1. The number of carbonyl (C=O) groups excluding carboxylic acids is 1. The minimum absolute atomic E-state index is 0.396. The molecule has 0 amide bonds. The third-order valence-corrected chi connectivity index (χ3v) is 2.48. The van der Waals surface area contributed by atoms with E-state index in [2.05, 4.69) is 30.9 Å². The summed E-state index contributed by atoms with van der Waals surface area (Å²) >= 11 is 3.32. The van der Waals surface area contributed by atoms with Gasteiger partial charge in [-0.2, -0.15) is 0 Å². The second-order valence-corrected chi connectivity index (χ2v) is 3.92. The van der Waals surface area contributed by atoms with Gasteiger partial charge in [0.25, 0.3) is 0 Å². The van der Waals surface area contributed by atoms with Gasteiger partial charge >= 0.3 is 5.97 Å². The van der Waals surface area contributed by atoms with E-state index in [0.717, 1.165) is 10.3 Å². The highest BCUT2D eigenvalue weighted by Crippen LogP contribution is 2.18. The van der Waals surface area contributed by atoms with E-state index in [9.17, 15) is 4.79 Å². The molecule has 0 unspecified atom stereocenters. The lowest BCUT2D eigenvalue weighted by Crippen LogP contribution is -2.04. The zero-order chi connectivity index (χ0) is 11.0. The van der Waals surface area contributed by atoms with Gasteiger partial charge in [-0.05, 0) is 28.9 Å². The molecular weight excluding hydrogens is 262 g/mol. The Labute approximate surface area is 94.2 Å². The molecule has 2 aromatic rings. The van der Waals surface area contributed by atoms with Crippen molar-refractivity contribution in [3.8, 4) is 0 Å². The third-order valence-electron chi connectivity index (χ3n) is 2.05. The number of ether oxygens (including phenoxy) is 1. The highest BCUT2D eigenvalue weighted by molar-refractivity contribution is 9.10. The quantitative estimate of drug-likeness (QED) is 0.738. The number of esters is 1. The van der Waals surface area contributed by atoms with Crippen LogP contribution in [0.15, 0.2) is 16.7 Å².